The van der Waals surface area contributed by atoms with Crippen molar-refractivity contribution in [1.82, 2.24) is 14.4 Å². The predicted octanol–water partition coefficient (Wildman–Crippen LogP) is 3.57. The van der Waals surface area contributed by atoms with Crippen molar-refractivity contribution in [3.63, 3.8) is 0 Å². The van der Waals surface area contributed by atoms with Crippen LogP contribution in [-0.2, 0) is 22.1 Å². The lowest BCUT2D eigenvalue weighted by Gasteiger charge is -2.33. The van der Waals surface area contributed by atoms with E-state index in [1.807, 2.05) is 13.8 Å². The number of nitrogens with zero attached hydrogens (tertiary/aromatic N) is 3. The first-order valence-corrected chi connectivity index (χ1v) is 10.3. The number of hydrogen-bond acceptors (Lipinski definition) is 5. The topological polar surface area (TPSA) is 76.3 Å². The maximum Gasteiger partial charge on any atom is 0.264 e. The number of rotatable bonds is 5. The molecule has 1 fully saturated rings. The van der Waals surface area contributed by atoms with E-state index in [1.165, 1.54) is 16.4 Å². The molecule has 0 N–H and O–H groups in total. The van der Waals surface area contributed by atoms with Gasteiger partial charge in [0.25, 0.3) is 5.89 Å². The van der Waals surface area contributed by atoms with Crippen LogP contribution in [0.5, 0.6) is 0 Å². The minimum absolute atomic E-state index is 0.0316. The Hall–Kier alpha value is -1.51. The maximum atomic E-state index is 15.2. The van der Waals surface area contributed by atoms with Crippen LogP contribution in [0.3, 0.4) is 0 Å². The summed E-state index contributed by atoms with van der Waals surface area (Å²) in [6.45, 7) is 4.10. The highest BCUT2D eigenvalue weighted by molar-refractivity contribution is 7.89. The SMILES string of the molecule is CC(C)Cc1noc(C2(F)CCN(S(=O)(=O)c3cccc(Cl)c3)CC2)n1. The second kappa shape index (κ2) is 7.25. The van der Waals surface area contributed by atoms with Gasteiger partial charge >= 0.3 is 0 Å². The lowest BCUT2D eigenvalue weighted by molar-refractivity contribution is 0.0511. The van der Waals surface area contributed by atoms with Gasteiger partial charge < -0.3 is 4.52 Å². The van der Waals surface area contributed by atoms with E-state index >= 15 is 4.39 Å². The molecule has 9 heteroatoms. The monoisotopic (exact) mass is 401 g/mol. The summed E-state index contributed by atoms with van der Waals surface area (Å²) < 4.78 is 47.0. The molecule has 1 aromatic carbocycles. The molecule has 1 aromatic heterocycles. The van der Waals surface area contributed by atoms with E-state index in [4.69, 9.17) is 16.1 Å². The third-order valence-corrected chi connectivity index (χ3v) is 6.52. The molecule has 0 saturated carbocycles. The molecule has 0 radical (unpaired) electrons. The summed E-state index contributed by atoms with van der Waals surface area (Å²) in [5, 5.41) is 4.17. The molecule has 0 spiro atoms. The molecular formula is C17H21ClFN3O3S. The summed E-state index contributed by atoms with van der Waals surface area (Å²) in [4.78, 5) is 4.27. The molecule has 0 unspecified atom stereocenters. The molecule has 3 rings (SSSR count). The smallest absolute Gasteiger partial charge is 0.264 e. The van der Waals surface area contributed by atoms with Crippen LogP contribution in [0.1, 0.15) is 38.4 Å². The third-order valence-electron chi connectivity index (χ3n) is 4.39. The predicted molar refractivity (Wildman–Crippen MR) is 95.1 cm³/mol. The molecule has 6 nitrogen and oxygen atoms in total. The molecule has 2 heterocycles. The summed E-state index contributed by atoms with van der Waals surface area (Å²) in [5.41, 5.74) is -1.80. The first kappa shape index (κ1) is 19.3. The fourth-order valence-electron chi connectivity index (χ4n) is 2.96. The average molecular weight is 402 g/mol. The Kier molecular flexibility index (Phi) is 5.37. The molecule has 142 valence electrons. The van der Waals surface area contributed by atoms with Gasteiger partial charge in [0.1, 0.15) is 0 Å². The largest absolute Gasteiger partial charge is 0.336 e. The Morgan fingerprint density at radius 1 is 1.35 bits per heavy atom. The van der Waals surface area contributed by atoms with Gasteiger partial charge in [-0.15, -0.1) is 0 Å². The number of halogens is 2. The zero-order valence-corrected chi connectivity index (χ0v) is 16.2. The van der Waals surface area contributed by atoms with Gasteiger partial charge in [0, 0.05) is 37.4 Å². The first-order valence-electron chi connectivity index (χ1n) is 8.48. The number of aromatic nitrogens is 2. The second-order valence-corrected chi connectivity index (χ2v) is 9.31. The second-order valence-electron chi connectivity index (χ2n) is 6.94. The van der Waals surface area contributed by atoms with Crippen molar-refractivity contribution < 1.29 is 17.3 Å². The lowest BCUT2D eigenvalue weighted by atomic mass is 9.94. The molecule has 0 amide bonds. The van der Waals surface area contributed by atoms with Gasteiger partial charge in [0.05, 0.1) is 4.90 Å². The first-order chi connectivity index (χ1) is 12.2. The normalized spacial score (nSPS) is 18.3. The summed E-state index contributed by atoms with van der Waals surface area (Å²) in [7, 11) is -3.71. The average Bonchev–Trinajstić information content (AvgIpc) is 3.04. The standard InChI is InChI=1S/C17H21ClFN3O3S/c1-12(2)10-15-20-16(25-21-15)17(19)6-8-22(9-7-17)26(23,24)14-5-3-4-13(18)11-14/h3-5,11-12H,6-10H2,1-2H3. The van der Waals surface area contributed by atoms with Crippen molar-refractivity contribution in [2.24, 2.45) is 5.92 Å². The highest BCUT2D eigenvalue weighted by Gasteiger charge is 2.44. The van der Waals surface area contributed by atoms with Crippen molar-refractivity contribution in [3.05, 3.63) is 41.0 Å². The van der Waals surface area contributed by atoms with Crippen molar-refractivity contribution in [2.75, 3.05) is 13.1 Å². The lowest BCUT2D eigenvalue weighted by Crippen LogP contribution is -2.43. The van der Waals surface area contributed by atoms with Crippen LogP contribution >= 0.6 is 11.6 Å². The van der Waals surface area contributed by atoms with Crippen LogP contribution in [0.25, 0.3) is 0 Å². The number of piperidine rings is 1. The van der Waals surface area contributed by atoms with E-state index in [0.29, 0.717) is 23.2 Å². The van der Waals surface area contributed by atoms with Crippen molar-refractivity contribution >= 4 is 21.6 Å². The van der Waals surface area contributed by atoms with Crippen LogP contribution in [0.4, 0.5) is 4.39 Å². The number of alkyl halides is 1. The molecule has 1 aliphatic rings. The van der Waals surface area contributed by atoms with E-state index in [2.05, 4.69) is 10.1 Å². The van der Waals surface area contributed by atoms with E-state index in [9.17, 15) is 8.42 Å². The van der Waals surface area contributed by atoms with Crippen molar-refractivity contribution in [1.29, 1.82) is 0 Å². The Morgan fingerprint density at radius 2 is 2.04 bits per heavy atom. The number of sulfonamides is 1. The summed E-state index contributed by atoms with van der Waals surface area (Å²) >= 11 is 5.88. The molecule has 1 saturated heterocycles. The van der Waals surface area contributed by atoms with Gasteiger partial charge in [-0.25, -0.2) is 12.8 Å². The minimum Gasteiger partial charge on any atom is -0.336 e. The van der Waals surface area contributed by atoms with E-state index in [1.54, 1.807) is 12.1 Å². The van der Waals surface area contributed by atoms with Crippen LogP contribution in [0.2, 0.25) is 5.02 Å². The molecule has 26 heavy (non-hydrogen) atoms. The number of benzene rings is 1. The summed E-state index contributed by atoms with van der Waals surface area (Å²) in [6, 6.07) is 6.06. The quantitative estimate of drug-likeness (QED) is 0.765. The van der Waals surface area contributed by atoms with Crippen molar-refractivity contribution in [2.45, 2.75) is 43.7 Å². The Bertz CT molecular complexity index is 877. The van der Waals surface area contributed by atoms with E-state index in [-0.39, 0.29) is 36.7 Å². The van der Waals surface area contributed by atoms with Crippen LogP contribution < -0.4 is 0 Å². The van der Waals surface area contributed by atoms with Gasteiger partial charge in [-0.1, -0.05) is 36.7 Å². The van der Waals surface area contributed by atoms with Gasteiger partial charge in [0.15, 0.2) is 11.5 Å². The summed E-state index contributed by atoms with van der Waals surface area (Å²) in [5.74, 6) is 0.745. The highest BCUT2D eigenvalue weighted by Crippen LogP contribution is 2.37. The Balaban J connectivity index is 1.73. The van der Waals surface area contributed by atoms with Crippen molar-refractivity contribution in [3.8, 4) is 0 Å². The van der Waals surface area contributed by atoms with Gasteiger partial charge in [-0.2, -0.15) is 9.29 Å². The molecule has 0 aliphatic carbocycles. The zero-order valence-electron chi connectivity index (χ0n) is 14.7. The minimum atomic E-state index is -3.71. The molecule has 0 bridgehead atoms. The van der Waals surface area contributed by atoms with Gasteiger partial charge in [0.2, 0.25) is 10.0 Å². The maximum absolute atomic E-state index is 15.2. The summed E-state index contributed by atoms with van der Waals surface area (Å²) in [6.07, 6.45) is 0.543. The van der Waals surface area contributed by atoms with E-state index < -0.39 is 15.7 Å². The van der Waals surface area contributed by atoms with Crippen LogP contribution in [0.15, 0.2) is 33.7 Å². The highest BCUT2D eigenvalue weighted by atomic mass is 35.5. The Labute approximate surface area is 157 Å². The van der Waals surface area contributed by atoms with Crippen LogP contribution in [-0.4, -0.2) is 36.0 Å². The van der Waals surface area contributed by atoms with Gasteiger partial charge in [-0.05, 0) is 24.1 Å². The molecule has 2 aromatic rings. The Morgan fingerprint density at radius 3 is 2.65 bits per heavy atom. The molecule has 0 atom stereocenters. The van der Waals surface area contributed by atoms with Gasteiger partial charge in [-0.3, -0.25) is 0 Å². The molecular weight excluding hydrogens is 381 g/mol. The van der Waals surface area contributed by atoms with E-state index in [0.717, 1.165) is 0 Å². The van der Waals surface area contributed by atoms with Crippen LogP contribution in [0, 0.1) is 5.92 Å². The number of hydrogen-bond donors (Lipinski definition) is 0. The zero-order chi connectivity index (χ0) is 18.9. The molecule has 1 aliphatic heterocycles. The fourth-order valence-corrected chi connectivity index (χ4v) is 4.70. The fraction of sp³-hybridized carbons (Fsp3) is 0.529. The third kappa shape index (κ3) is 3.92.